The highest BCUT2D eigenvalue weighted by atomic mass is 35.5. The smallest absolute Gasteiger partial charge is 0.309 e. The maximum absolute atomic E-state index is 12.7. The number of benzene rings is 2. The fraction of sp³-hybridized carbons (Fsp3) is 0.522. The third-order valence-corrected chi connectivity index (χ3v) is 5.91. The Kier molecular flexibility index (Phi) is 8.16. The molecule has 2 aromatic rings. The van der Waals surface area contributed by atoms with Gasteiger partial charge in [-0.2, -0.15) is 0 Å². The molecule has 1 heterocycles. The second-order valence-electron chi connectivity index (χ2n) is 7.95. The van der Waals surface area contributed by atoms with E-state index < -0.39 is 0 Å². The summed E-state index contributed by atoms with van der Waals surface area (Å²) in [5.74, 6) is 0. The van der Waals surface area contributed by atoms with Crippen molar-refractivity contribution in [3.63, 3.8) is 0 Å². The van der Waals surface area contributed by atoms with E-state index in [1.54, 1.807) is 0 Å². The van der Waals surface area contributed by atoms with Crippen LogP contribution in [0.25, 0.3) is 10.8 Å². The second-order valence-corrected chi connectivity index (χ2v) is 8.46. The van der Waals surface area contributed by atoms with Crippen LogP contribution < -0.4 is 16.0 Å². The van der Waals surface area contributed by atoms with E-state index in [1.807, 2.05) is 36.4 Å². The number of hydrogen-bond acceptors (Lipinski definition) is 3. The van der Waals surface area contributed by atoms with E-state index in [4.69, 9.17) is 11.6 Å². The van der Waals surface area contributed by atoms with Gasteiger partial charge in [0.25, 0.3) is 0 Å². The van der Waals surface area contributed by atoms with Gasteiger partial charge in [0.1, 0.15) is 6.29 Å². The molecule has 1 fully saturated rings. The van der Waals surface area contributed by atoms with Gasteiger partial charge in [0, 0.05) is 18.3 Å². The van der Waals surface area contributed by atoms with Crippen LogP contribution in [0.1, 0.15) is 52.4 Å². The van der Waals surface area contributed by atoms with Crippen LogP contribution in [-0.4, -0.2) is 35.3 Å². The number of rotatable bonds is 8. The number of hydrogen-bond donors (Lipinski definition) is 3. The van der Waals surface area contributed by atoms with E-state index in [1.165, 1.54) is 25.7 Å². The summed E-state index contributed by atoms with van der Waals surface area (Å²) in [5.41, 5.74) is 0.696. The van der Waals surface area contributed by atoms with Crippen LogP contribution in [0.4, 0.5) is 10.5 Å². The van der Waals surface area contributed by atoms with Crippen molar-refractivity contribution in [3.8, 4) is 0 Å². The van der Waals surface area contributed by atoms with Gasteiger partial charge in [0.2, 0.25) is 0 Å². The van der Waals surface area contributed by atoms with Crippen LogP contribution >= 0.6 is 11.6 Å². The highest BCUT2D eigenvalue weighted by Gasteiger charge is 2.32. The molecule has 0 aromatic heterocycles. The molecule has 0 bridgehead atoms. The van der Waals surface area contributed by atoms with Gasteiger partial charge in [0.05, 0.1) is 5.50 Å². The lowest BCUT2D eigenvalue weighted by molar-refractivity contribution is 0.0702. The lowest BCUT2D eigenvalue weighted by Gasteiger charge is -2.42. The van der Waals surface area contributed by atoms with Crippen molar-refractivity contribution in [1.82, 2.24) is 15.5 Å². The minimum atomic E-state index is -0.270. The first-order valence-corrected chi connectivity index (χ1v) is 11.2. The summed E-state index contributed by atoms with van der Waals surface area (Å²) in [5, 5.41) is 11.7. The maximum atomic E-state index is 12.7. The fourth-order valence-corrected chi connectivity index (χ4v) is 4.35. The Balaban J connectivity index is 1.58. The summed E-state index contributed by atoms with van der Waals surface area (Å²) in [6.07, 6.45) is 6.63. The standard InChI is InChI=1S/C23H33ClN4O/c1-3-4-5-6-9-14-28-21(24)15-17(2)25-22(28)27-23(29)26-20-13-12-18-10-7-8-11-19(18)16-20/h7-8,10-13,16-17,21-22,25H,3-6,9,14-15H2,1-2H3,(H2,26,27,29). The van der Waals surface area contributed by atoms with E-state index in [2.05, 4.69) is 40.8 Å². The quantitative estimate of drug-likeness (QED) is 0.304. The average molecular weight is 417 g/mol. The first-order valence-electron chi connectivity index (χ1n) is 10.8. The van der Waals surface area contributed by atoms with E-state index in [-0.39, 0.29) is 23.9 Å². The molecule has 0 aliphatic carbocycles. The summed E-state index contributed by atoms with van der Waals surface area (Å²) >= 11 is 6.64. The molecular weight excluding hydrogens is 384 g/mol. The third-order valence-electron chi connectivity index (χ3n) is 5.48. The zero-order valence-corrected chi connectivity index (χ0v) is 18.2. The topological polar surface area (TPSA) is 56.4 Å². The number of anilines is 1. The molecule has 2 aromatic carbocycles. The lowest BCUT2D eigenvalue weighted by Crippen LogP contribution is -2.65. The first-order chi connectivity index (χ1) is 14.1. The van der Waals surface area contributed by atoms with Gasteiger partial charge in [-0.1, -0.05) is 62.9 Å². The van der Waals surface area contributed by atoms with Crippen molar-refractivity contribution in [2.45, 2.75) is 70.2 Å². The Labute approximate surface area is 179 Å². The van der Waals surface area contributed by atoms with Crippen molar-refractivity contribution in [2.75, 3.05) is 11.9 Å². The molecule has 0 radical (unpaired) electrons. The van der Waals surface area contributed by atoms with Gasteiger partial charge >= 0.3 is 6.03 Å². The predicted molar refractivity (Wildman–Crippen MR) is 122 cm³/mol. The van der Waals surface area contributed by atoms with E-state index >= 15 is 0 Å². The molecule has 3 unspecified atom stereocenters. The molecule has 0 spiro atoms. The van der Waals surface area contributed by atoms with Gasteiger partial charge < -0.3 is 10.6 Å². The van der Waals surface area contributed by atoms with Gasteiger partial charge in [-0.05, 0) is 42.7 Å². The number of carbonyl (C=O) groups excluding carboxylic acids is 1. The summed E-state index contributed by atoms with van der Waals surface area (Å²) in [7, 11) is 0. The third kappa shape index (κ3) is 6.33. The lowest BCUT2D eigenvalue weighted by atomic mass is 10.1. The van der Waals surface area contributed by atoms with E-state index in [9.17, 15) is 4.79 Å². The zero-order chi connectivity index (χ0) is 20.6. The molecule has 1 aliphatic heterocycles. The second kappa shape index (κ2) is 10.8. The number of urea groups is 1. The molecule has 2 amide bonds. The van der Waals surface area contributed by atoms with Crippen molar-refractivity contribution in [2.24, 2.45) is 0 Å². The van der Waals surface area contributed by atoms with Crippen molar-refractivity contribution in [1.29, 1.82) is 0 Å². The molecule has 3 rings (SSSR count). The summed E-state index contributed by atoms with van der Waals surface area (Å²) in [4.78, 5) is 14.8. The number of nitrogens with one attached hydrogen (secondary N) is 3. The normalized spacial score (nSPS) is 22.5. The van der Waals surface area contributed by atoms with Gasteiger partial charge in [0.15, 0.2) is 0 Å². The molecule has 6 heteroatoms. The monoisotopic (exact) mass is 416 g/mol. The Morgan fingerprint density at radius 3 is 2.69 bits per heavy atom. The van der Waals surface area contributed by atoms with Gasteiger partial charge in [-0.3, -0.25) is 10.2 Å². The van der Waals surface area contributed by atoms with Gasteiger partial charge in [-0.15, -0.1) is 11.6 Å². The summed E-state index contributed by atoms with van der Waals surface area (Å²) in [6.45, 7) is 5.20. The largest absolute Gasteiger partial charge is 0.321 e. The minimum Gasteiger partial charge on any atom is -0.309 e. The van der Waals surface area contributed by atoms with Crippen LogP contribution in [0.2, 0.25) is 0 Å². The van der Waals surface area contributed by atoms with Crippen LogP contribution in [-0.2, 0) is 0 Å². The number of carbonyl (C=O) groups is 1. The molecular formula is C23H33ClN4O. The number of alkyl halides is 1. The molecule has 3 N–H and O–H groups in total. The van der Waals surface area contributed by atoms with Crippen LogP contribution in [0, 0.1) is 0 Å². The molecule has 5 nitrogen and oxygen atoms in total. The minimum absolute atomic E-state index is 0.0802. The summed E-state index contributed by atoms with van der Waals surface area (Å²) < 4.78 is 0. The molecule has 1 saturated heterocycles. The van der Waals surface area contributed by atoms with Crippen LogP contribution in [0.15, 0.2) is 42.5 Å². The number of fused-ring (bicyclic) bond motifs is 1. The Hall–Kier alpha value is -1.82. The number of amides is 2. The van der Waals surface area contributed by atoms with E-state index in [0.717, 1.165) is 35.8 Å². The van der Waals surface area contributed by atoms with Gasteiger partial charge in [-0.25, -0.2) is 4.79 Å². The number of halogens is 1. The highest BCUT2D eigenvalue weighted by Crippen LogP contribution is 2.21. The number of nitrogens with zero attached hydrogens (tertiary/aromatic N) is 1. The summed E-state index contributed by atoms with van der Waals surface area (Å²) in [6, 6.07) is 14.1. The molecule has 29 heavy (non-hydrogen) atoms. The molecule has 3 atom stereocenters. The molecule has 0 saturated carbocycles. The Morgan fingerprint density at radius 1 is 1.14 bits per heavy atom. The molecule has 1 aliphatic rings. The fourth-order valence-electron chi connectivity index (χ4n) is 3.87. The van der Waals surface area contributed by atoms with Crippen LogP contribution in [0.3, 0.4) is 0 Å². The zero-order valence-electron chi connectivity index (χ0n) is 17.5. The maximum Gasteiger partial charge on any atom is 0.321 e. The van der Waals surface area contributed by atoms with Crippen LogP contribution in [0.5, 0.6) is 0 Å². The molecule has 158 valence electrons. The first kappa shape index (κ1) is 21.9. The average Bonchev–Trinajstić information content (AvgIpc) is 2.69. The Morgan fingerprint density at radius 2 is 1.90 bits per heavy atom. The number of unbranched alkanes of at least 4 members (excludes halogenated alkanes) is 4. The predicted octanol–water partition coefficient (Wildman–Crippen LogP) is 5.46. The van der Waals surface area contributed by atoms with Crippen molar-refractivity contribution < 1.29 is 4.79 Å². The highest BCUT2D eigenvalue weighted by molar-refractivity contribution is 6.20. The van der Waals surface area contributed by atoms with Crippen molar-refractivity contribution >= 4 is 34.1 Å². The van der Waals surface area contributed by atoms with Crippen molar-refractivity contribution in [3.05, 3.63) is 42.5 Å². The SMILES string of the molecule is CCCCCCCN1C(Cl)CC(C)NC1NC(=O)Nc1ccc2ccccc2c1. The van der Waals surface area contributed by atoms with E-state index in [0.29, 0.717) is 0 Å². The Bertz CT molecular complexity index is 799.